The molecule has 0 N–H and O–H groups in total. The molecule has 2 aliphatic rings. The van der Waals surface area contributed by atoms with Gasteiger partial charge in [0.1, 0.15) is 0 Å². The number of nitrogens with zero attached hydrogens (tertiary/aromatic N) is 2. The minimum Gasteiger partial charge on any atom is -0.269 e. The minimum atomic E-state index is 0.681. The van der Waals surface area contributed by atoms with Crippen LogP contribution in [0.5, 0.6) is 0 Å². The lowest BCUT2D eigenvalue weighted by molar-refractivity contribution is 0.327. The van der Waals surface area contributed by atoms with Crippen LogP contribution in [0.2, 0.25) is 0 Å². The highest BCUT2D eigenvalue weighted by molar-refractivity contribution is 9.09. The third-order valence-corrected chi connectivity index (χ3v) is 5.42. The predicted molar refractivity (Wildman–Crippen MR) is 78.1 cm³/mol. The normalized spacial score (nSPS) is 29.8. The summed E-state index contributed by atoms with van der Waals surface area (Å²) in [5, 5.41) is 4.82. The van der Waals surface area contributed by atoms with Gasteiger partial charge in [0.2, 0.25) is 0 Å². The first kappa shape index (κ1) is 12.7. The van der Waals surface area contributed by atoms with E-state index in [1.54, 1.807) is 0 Å². The Balaban J connectivity index is 1.59. The van der Waals surface area contributed by atoms with Crippen molar-refractivity contribution in [2.75, 3.05) is 0 Å². The number of alkyl halides is 1. The summed E-state index contributed by atoms with van der Waals surface area (Å²) < 4.78 is 2.25. The Kier molecular flexibility index (Phi) is 4.07. The van der Waals surface area contributed by atoms with Crippen molar-refractivity contribution < 1.29 is 0 Å². The summed E-state index contributed by atoms with van der Waals surface area (Å²) >= 11 is 3.73. The maximum Gasteiger partial charge on any atom is 0.0627 e. The lowest BCUT2D eigenvalue weighted by Gasteiger charge is -2.21. The maximum atomic E-state index is 4.82. The summed E-state index contributed by atoms with van der Waals surface area (Å²) in [6.07, 6.45) is 14.3. The number of hydrogen-bond acceptors (Lipinski definition) is 1. The fraction of sp³-hybridized carbons (Fsp3) is 0.800. The Labute approximate surface area is 118 Å². The molecule has 0 bridgehead atoms. The minimum absolute atomic E-state index is 0.681. The maximum absolute atomic E-state index is 4.82. The summed E-state index contributed by atoms with van der Waals surface area (Å²) in [7, 11) is 0. The van der Waals surface area contributed by atoms with E-state index in [4.69, 9.17) is 5.10 Å². The Morgan fingerprint density at radius 2 is 2.00 bits per heavy atom. The van der Waals surface area contributed by atoms with Gasteiger partial charge in [-0.25, -0.2) is 0 Å². The smallest absolute Gasteiger partial charge is 0.0627 e. The molecule has 2 saturated carbocycles. The number of hydrogen-bond donors (Lipinski definition) is 0. The average molecular weight is 311 g/mol. The van der Waals surface area contributed by atoms with Crippen LogP contribution in [-0.2, 0) is 6.42 Å². The Bertz CT molecular complexity index is 382. The molecule has 0 aliphatic heterocycles. The average Bonchev–Trinajstić information content (AvgIpc) is 3.01. The van der Waals surface area contributed by atoms with E-state index in [9.17, 15) is 0 Å². The van der Waals surface area contributed by atoms with Gasteiger partial charge in [0.05, 0.1) is 11.7 Å². The standard InChI is InChI=1S/C15H23BrN2/c16-13-7-6-12(10-13)11-14-8-9-18(17-14)15-4-2-1-3-5-15/h8-9,12-13,15H,1-7,10-11H2. The highest BCUT2D eigenvalue weighted by Gasteiger charge is 2.24. The SMILES string of the molecule is BrC1CCC(Cc2ccn(C3CCCCC3)n2)C1. The highest BCUT2D eigenvalue weighted by Crippen LogP contribution is 2.33. The number of rotatable bonds is 3. The second-order valence-electron chi connectivity index (χ2n) is 6.06. The molecule has 2 nitrogen and oxygen atoms in total. The van der Waals surface area contributed by atoms with Gasteiger partial charge in [-0.05, 0) is 50.5 Å². The molecule has 2 fully saturated rings. The highest BCUT2D eigenvalue weighted by atomic mass is 79.9. The molecule has 3 rings (SSSR count). The lowest BCUT2D eigenvalue weighted by atomic mass is 9.96. The van der Waals surface area contributed by atoms with Crippen molar-refractivity contribution in [3.63, 3.8) is 0 Å². The second-order valence-corrected chi connectivity index (χ2v) is 7.35. The van der Waals surface area contributed by atoms with E-state index in [2.05, 4.69) is 32.9 Å². The van der Waals surface area contributed by atoms with Gasteiger partial charge in [0, 0.05) is 11.0 Å². The van der Waals surface area contributed by atoms with Crippen molar-refractivity contribution >= 4 is 15.9 Å². The molecule has 1 aromatic heterocycles. The van der Waals surface area contributed by atoms with Crippen molar-refractivity contribution in [2.45, 2.75) is 68.7 Å². The Hall–Kier alpha value is -0.310. The van der Waals surface area contributed by atoms with E-state index < -0.39 is 0 Å². The van der Waals surface area contributed by atoms with Crippen LogP contribution in [0.1, 0.15) is 63.1 Å². The second kappa shape index (κ2) is 5.77. The van der Waals surface area contributed by atoms with Gasteiger partial charge >= 0.3 is 0 Å². The van der Waals surface area contributed by atoms with Crippen LogP contribution in [0.15, 0.2) is 12.3 Å². The molecule has 0 spiro atoms. The van der Waals surface area contributed by atoms with E-state index in [1.165, 1.54) is 63.5 Å². The quantitative estimate of drug-likeness (QED) is 0.752. The van der Waals surface area contributed by atoms with E-state index in [0.29, 0.717) is 6.04 Å². The van der Waals surface area contributed by atoms with E-state index >= 15 is 0 Å². The zero-order valence-electron chi connectivity index (χ0n) is 11.0. The first-order valence-corrected chi connectivity index (χ1v) is 8.41. The fourth-order valence-electron chi connectivity index (χ4n) is 3.53. The molecular weight excluding hydrogens is 288 g/mol. The van der Waals surface area contributed by atoms with Crippen molar-refractivity contribution in [1.82, 2.24) is 9.78 Å². The monoisotopic (exact) mass is 310 g/mol. The van der Waals surface area contributed by atoms with Gasteiger partial charge in [0.15, 0.2) is 0 Å². The van der Waals surface area contributed by atoms with E-state index in [-0.39, 0.29) is 0 Å². The lowest BCUT2D eigenvalue weighted by Crippen LogP contribution is -2.13. The molecule has 18 heavy (non-hydrogen) atoms. The Morgan fingerprint density at radius 1 is 1.17 bits per heavy atom. The molecule has 100 valence electrons. The molecule has 1 aromatic rings. The fourth-order valence-corrected chi connectivity index (χ4v) is 4.32. The summed E-state index contributed by atoms with van der Waals surface area (Å²) in [5.41, 5.74) is 1.31. The van der Waals surface area contributed by atoms with Crippen LogP contribution in [0.3, 0.4) is 0 Å². The molecule has 1 heterocycles. The first-order chi connectivity index (χ1) is 8.81. The van der Waals surface area contributed by atoms with Crippen LogP contribution in [0, 0.1) is 5.92 Å². The van der Waals surface area contributed by atoms with Crippen molar-refractivity contribution in [3.05, 3.63) is 18.0 Å². The van der Waals surface area contributed by atoms with Crippen LogP contribution >= 0.6 is 15.9 Å². The number of aromatic nitrogens is 2. The molecular formula is C15H23BrN2. The third-order valence-electron chi connectivity index (χ3n) is 4.59. The van der Waals surface area contributed by atoms with Gasteiger partial charge in [-0.15, -0.1) is 0 Å². The topological polar surface area (TPSA) is 17.8 Å². The van der Waals surface area contributed by atoms with Gasteiger partial charge in [-0.1, -0.05) is 35.2 Å². The molecule has 3 heteroatoms. The summed E-state index contributed by atoms with van der Waals surface area (Å²) in [4.78, 5) is 0.753. The zero-order chi connectivity index (χ0) is 12.4. The largest absolute Gasteiger partial charge is 0.269 e. The predicted octanol–water partition coefficient (Wildman–Crippen LogP) is 4.49. The van der Waals surface area contributed by atoms with Crippen LogP contribution < -0.4 is 0 Å². The number of halogens is 1. The van der Waals surface area contributed by atoms with Gasteiger partial charge in [-0.2, -0.15) is 5.10 Å². The van der Waals surface area contributed by atoms with Crippen molar-refractivity contribution in [1.29, 1.82) is 0 Å². The zero-order valence-corrected chi connectivity index (χ0v) is 12.6. The first-order valence-electron chi connectivity index (χ1n) is 7.49. The summed E-state index contributed by atoms with van der Waals surface area (Å²) in [5.74, 6) is 0.851. The van der Waals surface area contributed by atoms with Crippen LogP contribution in [-0.4, -0.2) is 14.6 Å². The summed E-state index contributed by atoms with van der Waals surface area (Å²) in [6.45, 7) is 0. The van der Waals surface area contributed by atoms with E-state index in [0.717, 1.165) is 10.7 Å². The third kappa shape index (κ3) is 2.98. The molecule has 2 atom stereocenters. The molecule has 2 unspecified atom stereocenters. The molecule has 2 aliphatic carbocycles. The van der Waals surface area contributed by atoms with Gasteiger partial charge in [0.25, 0.3) is 0 Å². The molecule has 0 aromatic carbocycles. The van der Waals surface area contributed by atoms with E-state index in [1.807, 2.05) is 0 Å². The van der Waals surface area contributed by atoms with Crippen molar-refractivity contribution in [2.24, 2.45) is 5.92 Å². The summed E-state index contributed by atoms with van der Waals surface area (Å²) in [6, 6.07) is 2.93. The Morgan fingerprint density at radius 3 is 2.72 bits per heavy atom. The van der Waals surface area contributed by atoms with Gasteiger partial charge in [-0.3, -0.25) is 4.68 Å². The molecule has 0 radical (unpaired) electrons. The van der Waals surface area contributed by atoms with Crippen LogP contribution in [0.4, 0.5) is 0 Å². The molecule has 0 saturated heterocycles. The molecule has 0 amide bonds. The van der Waals surface area contributed by atoms with Gasteiger partial charge < -0.3 is 0 Å². The van der Waals surface area contributed by atoms with Crippen molar-refractivity contribution in [3.8, 4) is 0 Å². The van der Waals surface area contributed by atoms with Crippen LogP contribution in [0.25, 0.3) is 0 Å².